The van der Waals surface area contributed by atoms with E-state index in [4.69, 9.17) is 4.74 Å². The third kappa shape index (κ3) is 5.63. The van der Waals surface area contributed by atoms with Crippen molar-refractivity contribution in [1.29, 1.82) is 0 Å². The van der Waals surface area contributed by atoms with E-state index in [-0.39, 0.29) is 59.9 Å². The molecule has 0 radical (unpaired) electrons. The number of benzene rings is 6. The van der Waals surface area contributed by atoms with Crippen LogP contribution in [-0.2, 0) is 26.1 Å². The molecule has 1 unspecified atom stereocenters. The molecule has 0 saturated carbocycles. The number of aryl methyl sites for hydroxylation is 1. The molecule has 1 N–H and O–H groups in total. The number of hydrogen-bond donors (Lipinski definition) is 1. The molecule has 304 valence electrons. The molecule has 2 aliphatic heterocycles. The third-order valence-corrected chi connectivity index (χ3v) is 14.7. The Kier molecular flexibility index (Phi) is 8.07. The molecule has 61 heavy (non-hydrogen) atoms. The van der Waals surface area contributed by atoms with E-state index in [1.165, 1.54) is 70.8 Å². The molecule has 4 amide bonds. The molecule has 2 aliphatic carbocycles. The SMILES string of the molecule is Cc1ccc2c(c1)C(=O)N(c1ccc(S(=O)(=O)c3ccc(N4C(=O)c5ccc(Oc6ccc7c(c6)C(C)(C)CC76CC(C)(C)c7cc(O)ccc76)cc5C4=O)cc3)cc1)C2=O. The van der Waals surface area contributed by atoms with Crippen molar-refractivity contribution in [3.63, 3.8) is 0 Å². The van der Waals surface area contributed by atoms with Crippen LogP contribution in [0.15, 0.2) is 131 Å². The number of amides is 4. The van der Waals surface area contributed by atoms with Gasteiger partial charge >= 0.3 is 0 Å². The number of sulfone groups is 1. The van der Waals surface area contributed by atoms with E-state index in [0.717, 1.165) is 28.2 Å². The summed E-state index contributed by atoms with van der Waals surface area (Å²) in [6.07, 6.45) is 1.83. The standard InChI is InChI=1S/C50H40N2O8S/c1-28-6-18-36-38(22-28)46(56)51(44(36)54)29-7-14-34(15-8-29)61(58,59)35-16-9-30(10-17-35)52-45(55)37-19-12-32(24-39(37)47(52)57)60-33-13-21-41-43(25-33)49(4,5)27-50(41)26-48(2,3)42-23-31(53)11-20-40(42)50/h6-25,53H,26-27H2,1-5H3. The van der Waals surface area contributed by atoms with E-state index in [1.807, 2.05) is 19.1 Å². The average Bonchev–Trinajstić information content (AvgIpc) is 3.80. The molecule has 0 bridgehead atoms. The summed E-state index contributed by atoms with van der Waals surface area (Å²) in [5.74, 6) is -0.806. The zero-order chi connectivity index (χ0) is 43.0. The number of carbonyl (C=O) groups excluding carboxylic acids is 4. The first-order valence-electron chi connectivity index (χ1n) is 20.0. The summed E-state index contributed by atoms with van der Waals surface area (Å²) in [4.78, 5) is 55.4. The van der Waals surface area contributed by atoms with E-state index < -0.39 is 33.5 Å². The summed E-state index contributed by atoms with van der Waals surface area (Å²) in [6.45, 7) is 10.8. The van der Waals surface area contributed by atoms with Crippen molar-refractivity contribution in [3.8, 4) is 17.2 Å². The van der Waals surface area contributed by atoms with Crippen LogP contribution in [-0.4, -0.2) is 37.2 Å². The van der Waals surface area contributed by atoms with Gasteiger partial charge in [-0.25, -0.2) is 18.2 Å². The molecule has 2 heterocycles. The lowest BCUT2D eigenvalue weighted by Crippen LogP contribution is -2.29. The first kappa shape index (κ1) is 38.4. The van der Waals surface area contributed by atoms with Crippen molar-refractivity contribution >= 4 is 44.8 Å². The smallest absolute Gasteiger partial charge is 0.266 e. The largest absolute Gasteiger partial charge is 0.508 e. The second-order valence-electron chi connectivity index (χ2n) is 17.9. The Bertz CT molecular complexity index is 3080. The molecule has 0 saturated heterocycles. The van der Waals surface area contributed by atoms with Crippen molar-refractivity contribution < 1.29 is 37.4 Å². The first-order valence-corrected chi connectivity index (χ1v) is 21.5. The highest BCUT2D eigenvalue weighted by Gasteiger charge is 2.56. The Balaban J connectivity index is 0.867. The fraction of sp³-hybridized carbons (Fsp3) is 0.200. The van der Waals surface area contributed by atoms with E-state index in [0.29, 0.717) is 17.1 Å². The summed E-state index contributed by atoms with van der Waals surface area (Å²) in [6, 6.07) is 32.7. The van der Waals surface area contributed by atoms with Crippen LogP contribution >= 0.6 is 0 Å². The van der Waals surface area contributed by atoms with E-state index in [9.17, 15) is 32.7 Å². The number of carbonyl (C=O) groups is 4. The van der Waals surface area contributed by atoms with Gasteiger partial charge in [-0.2, -0.15) is 0 Å². The maximum atomic E-state index is 13.8. The van der Waals surface area contributed by atoms with Crippen LogP contribution in [0.1, 0.15) is 110 Å². The number of anilines is 2. The minimum atomic E-state index is -4.06. The molecule has 10 nitrogen and oxygen atoms in total. The molecular weight excluding hydrogens is 789 g/mol. The number of rotatable bonds is 6. The van der Waals surface area contributed by atoms with Crippen molar-refractivity contribution in [3.05, 3.63) is 171 Å². The molecule has 1 spiro atoms. The van der Waals surface area contributed by atoms with E-state index in [2.05, 4.69) is 45.9 Å². The van der Waals surface area contributed by atoms with Gasteiger partial charge in [-0.3, -0.25) is 19.2 Å². The minimum absolute atomic E-state index is 0.0647. The molecule has 11 heteroatoms. The maximum absolute atomic E-state index is 13.8. The second-order valence-corrected chi connectivity index (χ2v) is 19.8. The number of ether oxygens (including phenoxy) is 1. The number of imide groups is 2. The molecule has 10 rings (SSSR count). The fourth-order valence-corrected chi connectivity index (χ4v) is 11.6. The Labute approximate surface area is 353 Å². The van der Waals surface area contributed by atoms with Gasteiger partial charge in [0.25, 0.3) is 23.6 Å². The zero-order valence-electron chi connectivity index (χ0n) is 34.1. The van der Waals surface area contributed by atoms with Crippen LogP contribution in [0, 0.1) is 6.92 Å². The molecule has 1 atom stereocenters. The molecule has 0 aromatic heterocycles. The second kappa shape index (κ2) is 12.8. The van der Waals surface area contributed by atoms with Crippen LogP contribution in [0.25, 0.3) is 0 Å². The van der Waals surface area contributed by atoms with Crippen LogP contribution in [0.5, 0.6) is 17.2 Å². The highest BCUT2D eigenvalue weighted by Crippen LogP contribution is 2.63. The summed E-state index contributed by atoms with van der Waals surface area (Å²) in [7, 11) is -4.06. The predicted molar refractivity (Wildman–Crippen MR) is 229 cm³/mol. The number of aromatic hydroxyl groups is 1. The maximum Gasteiger partial charge on any atom is 0.266 e. The van der Waals surface area contributed by atoms with E-state index >= 15 is 0 Å². The van der Waals surface area contributed by atoms with Gasteiger partial charge in [-0.1, -0.05) is 51.5 Å². The van der Waals surface area contributed by atoms with Gasteiger partial charge in [-0.15, -0.1) is 0 Å². The molecule has 6 aromatic rings. The van der Waals surface area contributed by atoms with Gasteiger partial charge in [0, 0.05) is 5.41 Å². The van der Waals surface area contributed by atoms with Crippen molar-refractivity contribution in [2.45, 2.75) is 73.5 Å². The number of nitrogens with zero attached hydrogens (tertiary/aromatic N) is 2. The number of phenolic OH excluding ortho intramolecular Hbond substituents is 1. The van der Waals surface area contributed by atoms with Gasteiger partial charge in [-0.05, 0) is 156 Å². The highest BCUT2D eigenvalue weighted by molar-refractivity contribution is 7.91. The van der Waals surface area contributed by atoms with Gasteiger partial charge in [0.2, 0.25) is 9.84 Å². The van der Waals surface area contributed by atoms with Crippen LogP contribution in [0.3, 0.4) is 0 Å². The summed E-state index contributed by atoms with van der Waals surface area (Å²) in [5.41, 5.74) is 6.59. The van der Waals surface area contributed by atoms with Gasteiger partial charge in [0.15, 0.2) is 0 Å². The normalized spacial score (nSPS) is 19.4. The van der Waals surface area contributed by atoms with Crippen LogP contribution in [0.4, 0.5) is 11.4 Å². The van der Waals surface area contributed by atoms with E-state index in [1.54, 1.807) is 42.5 Å². The lowest BCUT2D eigenvalue weighted by atomic mass is 9.72. The molecule has 6 aromatic carbocycles. The minimum Gasteiger partial charge on any atom is -0.508 e. The Morgan fingerprint density at radius 1 is 0.508 bits per heavy atom. The fourth-order valence-electron chi connectivity index (χ4n) is 10.3. The topological polar surface area (TPSA) is 138 Å². The highest BCUT2D eigenvalue weighted by atomic mass is 32.2. The number of hydrogen-bond acceptors (Lipinski definition) is 8. The van der Waals surface area contributed by atoms with Crippen LogP contribution in [0.2, 0.25) is 0 Å². The van der Waals surface area contributed by atoms with Gasteiger partial charge < -0.3 is 9.84 Å². The van der Waals surface area contributed by atoms with Crippen molar-refractivity contribution in [1.82, 2.24) is 0 Å². The lowest BCUT2D eigenvalue weighted by Gasteiger charge is -2.30. The third-order valence-electron chi connectivity index (χ3n) is 12.9. The van der Waals surface area contributed by atoms with Crippen molar-refractivity contribution in [2.75, 3.05) is 9.80 Å². The Hall–Kier alpha value is -6.85. The molecule has 0 fully saturated rings. The summed E-state index contributed by atoms with van der Waals surface area (Å²) in [5, 5.41) is 10.3. The molecular formula is C50H40N2O8S. The summed E-state index contributed by atoms with van der Waals surface area (Å²) >= 11 is 0. The summed E-state index contributed by atoms with van der Waals surface area (Å²) < 4.78 is 33.7. The number of fused-ring (bicyclic) bond motifs is 6. The van der Waals surface area contributed by atoms with Gasteiger partial charge in [0.1, 0.15) is 17.2 Å². The Morgan fingerprint density at radius 3 is 1.51 bits per heavy atom. The zero-order valence-corrected chi connectivity index (χ0v) is 34.9. The van der Waals surface area contributed by atoms with Crippen molar-refractivity contribution in [2.24, 2.45) is 0 Å². The van der Waals surface area contributed by atoms with Crippen LogP contribution < -0.4 is 14.5 Å². The van der Waals surface area contributed by atoms with Gasteiger partial charge in [0.05, 0.1) is 43.4 Å². The molecule has 4 aliphatic rings. The lowest BCUT2D eigenvalue weighted by molar-refractivity contribution is 0.0910. The average molecular weight is 829 g/mol. The number of phenols is 1. The Morgan fingerprint density at radius 2 is 0.951 bits per heavy atom. The predicted octanol–water partition coefficient (Wildman–Crippen LogP) is 9.58. The first-order chi connectivity index (χ1) is 28.9. The monoisotopic (exact) mass is 828 g/mol. The quantitative estimate of drug-likeness (QED) is 0.164.